The van der Waals surface area contributed by atoms with E-state index in [1.807, 2.05) is 24.3 Å². The standard InChI is InChI=1S/C16H19N3O3/c20-11-18-7-9-19(10-8-18)13-3-1-12(2-4-13)14-5-6-15(21)17-16(14)22/h1-4,11,14H,5-10H2,(H,17,21,22). The number of nitrogens with one attached hydrogen (secondary N) is 1. The maximum atomic E-state index is 11.9. The average molecular weight is 301 g/mol. The Balaban J connectivity index is 1.67. The molecular formula is C16H19N3O3. The van der Waals surface area contributed by atoms with Crippen LogP contribution >= 0.6 is 0 Å². The lowest BCUT2D eigenvalue weighted by atomic mass is 9.90. The number of amides is 3. The quantitative estimate of drug-likeness (QED) is 0.651. The number of carbonyl (C=O) groups is 3. The first-order valence-corrected chi connectivity index (χ1v) is 7.55. The van der Waals surface area contributed by atoms with Gasteiger partial charge in [0.25, 0.3) is 0 Å². The van der Waals surface area contributed by atoms with E-state index in [0.717, 1.165) is 43.8 Å². The van der Waals surface area contributed by atoms with Crippen molar-refractivity contribution in [2.24, 2.45) is 0 Å². The molecule has 1 N–H and O–H groups in total. The van der Waals surface area contributed by atoms with Gasteiger partial charge in [-0.3, -0.25) is 19.7 Å². The molecule has 0 radical (unpaired) electrons. The van der Waals surface area contributed by atoms with Crippen molar-refractivity contribution in [3.63, 3.8) is 0 Å². The molecule has 2 aliphatic heterocycles. The summed E-state index contributed by atoms with van der Waals surface area (Å²) in [5.41, 5.74) is 2.04. The van der Waals surface area contributed by atoms with Crippen LogP contribution in [0.3, 0.4) is 0 Å². The summed E-state index contributed by atoms with van der Waals surface area (Å²) in [4.78, 5) is 37.8. The van der Waals surface area contributed by atoms with Gasteiger partial charge in [0.05, 0.1) is 5.92 Å². The number of carbonyl (C=O) groups excluding carboxylic acids is 3. The zero-order chi connectivity index (χ0) is 15.5. The minimum Gasteiger partial charge on any atom is -0.368 e. The lowest BCUT2D eigenvalue weighted by Crippen LogP contribution is -2.45. The van der Waals surface area contributed by atoms with Crippen LogP contribution in [0.2, 0.25) is 0 Å². The third-order valence-corrected chi connectivity index (χ3v) is 4.36. The van der Waals surface area contributed by atoms with Crippen LogP contribution in [-0.4, -0.2) is 49.3 Å². The predicted molar refractivity (Wildman–Crippen MR) is 81.4 cm³/mol. The molecule has 3 rings (SSSR count). The molecule has 6 heteroatoms. The maximum absolute atomic E-state index is 11.9. The van der Waals surface area contributed by atoms with E-state index in [1.165, 1.54) is 0 Å². The average Bonchev–Trinajstić information content (AvgIpc) is 2.55. The number of piperazine rings is 1. The molecule has 0 aliphatic carbocycles. The molecule has 2 heterocycles. The first kappa shape index (κ1) is 14.6. The second-order valence-corrected chi connectivity index (χ2v) is 5.72. The van der Waals surface area contributed by atoms with Gasteiger partial charge in [-0.1, -0.05) is 12.1 Å². The SMILES string of the molecule is O=CN1CCN(c2ccc(C3CCC(=O)NC3=O)cc2)CC1. The molecule has 1 unspecified atom stereocenters. The highest BCUT2D eigenvalue weighted by atomic mass is 16.2. The fraction of sp³-hybridized carbons (Fsp3) is 0.438. The lowest BCUT2D eigenvalue weighted by molar-refractivity contribution is -0.134. The summed E-state index contributed by atoms with van der Waals surface area (Å²) in [6.45, 7) is 3.10. The van der Waals surface area contributed by atoms with Gasteiger partial charge in [0, 0.05) is 38.3 Å². The maximum Gasteiger partial charge on any atom is 0.234 e. The van der Waals surface area contributed by atoms with E-state index >= 15 is 0 Å². The minimum absolute atomic E-state index is 0.189. The number of nitrogens with zero attached hydrogens (tertiary/aromatic N) is 2. The van der Waals surface area contributed by atoms with Gasteiger partial charge in [-0.15, -0.1) is 0 Å². The molecular weight excluding hydrogens is 282 g/mol. The largest absolute Gasteiger partial charge is 0.368 e. The predicted octanol–water partition coefficient (Wildman–Crippen LogP) is 0.485. The lowest BCUT2D eigenvalue weighted by Gasteiger charge is -2.34. The molecule has 0 spiro atoms. The van der Waals surface area contributed by atoms with Crippen molar-refractivity contribution in [2.75, 3.05) is 31.1 Å². The Morgan fingerprint density at radius 3 is 2.32 bits per heavy atom. The third-order valence-electron chi connectivity index (χ3n) is 4.36. The van der Waals surface area contributed by atoms with Crippen LogP contribution in [0.5, 0.6) is 0 Å². The van der Waals surface area contributed by atoms with Crippen molar-refractivity contribution in [2.45, 2.75) is 18.8 Å². The van der Waals surface area contributed by atoms with E-state index < -0.39 is 0 Å². The van der Waals surface area contributed by atoms with Crippen molar-refractivity contribution in [3.8, 4) is 0 Å². The zero-order valence-electron chi connectivity index (χ0n) is 12.3. The number of imide groups is 1. The van der Waals surface area contributed by atoms with Crippen molar-refractivity contribution < 1.29 is 14.4 Å². The Morgan fingerprint density at radius 2 is 1.73 bits per heavy atom. The fourth-order valence-electron chi connectivity index (χ4n) is 3.01. The van der Waals surface area contributed by atoms with E-state index in [9.17, 15) is 14.4 Å². The molecule has 1 aromatic rings. The number of hydrogen-bond acceptors (Lipinski definition) is 4. The summed E-state index contributed by atoms with van der Waals surface area (Å²) in [7, 11) is 0. The summed E-state index contributed by atoms with van der Waals surface area (Å²) >= 11 is 0. The number of piperidine rings is 1. The molecule has 2 saturated heterocycles. The van der Waals surface area contributed by atoms with Crippen LogP contribution < -0.4 is 10.2 Å². The molecule has 2 fully saturated rings. The van der Waals surface area contributed by atoms with E-state index in [1.54, 1.807) is 4.90 Å². The van der Waals surface area contributed by atoms with Gasteiger partial charge < -0.3 is 9.80 Å². The van der Waals surface area contributed by atoms with Crippen LogP contribution in [0.15, 0.2) is 24.3 Å². The molecule has 3 amide bonds. The van der Waals surface area contributed by atoms with Gasteiger partial charge in [-0.2, -0.15) is 0 Å². The number of anilines is 1. The molecule has 1 aromatic carbocycles. The molecule has 2 aliphatic rings. The Bertz CT molecular complexity index is 577. The second kappa shape index (κ2) is 6.17. The van der Waals surface area contributed by atoms with E-state index in [2.05, 4.69) is 10.2 Å². The van der Waals surface area contributed by atoms with Crippen LogP contribution in [0.4, 0.5) is 5.69 Å². The first-order chi connectivity index (χ1) is 10.7. The van der Waals surface area contributed by atoms with Crippen LogP contribution in [-0.2, 0) is 14.4 Å². The summed E-state index contributed by atoms with van der Waals surface area (Å²) in [5.74, 6) is -0.631. The molecule has 116 valence electrons. The van der Waals surface area contributed by atoms with Crippen molar-refractivity contribution in [1.82, 2.24) is 10.2 Å². The Hall–Kier alpha value is -2.37. The normalized spacial score (nSPS) is 22.5. The highest BCUT2D eigenvalue weighted by Gasteiger charge is 2.28. The minimum atomic E-state index is -0.237. The summed E-state index contributed by atoms with van der Waals surface area (Å²) < 4.78 is 0. The van der Waals surface area contributed by atoms with Crippen LogP contribution in [0, 0.1) is 0 Å². The Morgan fingerprint density at radius 1 is 1.05 bits per heavy atom. The van der Waals surface area contributed by atoms with Crippen LogP contribution in [0.1, 0.15) is 24.3 Å². The molecule has 0 bridgehead atoms. The summed E-state index contributed by atoms with van der Waals surface area (Å²) in [6.07, 6.45) is 1.86. The van der Waals surface area contributed by atoms with Gasteiger partial charge >= 0.3 is 0 Å². The number of benzene rings is 1. The fourth-order valence-corrected chi connectivity index (χ4v) is 3.01. The van der Waals surface area contributed by atoms with E-state index in [-0.39, 0.29) is 17.7 Å². The van der Waals surface area contributed by atoms with Gasteiger partial charge in [0.15, 0.2) is 0 Å². The molecule has 0 aromatic heterocycles. The zero-order valence-corrected chi connectivity index (χ0v) is 12.3. The Labute approximate surface area is 129 Å². The van der Waals surface area contributed by atoms with Crippen molar-refractivity contribution in [1.29, 1.82) is 0 Å². The second-order valence-electron chi connectivity index (χ2n) is 5.72. The number of hydrogen-bond donors (Lipinski definition) is 1. The van der Waals surface area contributed by atoms with Gasteiger partial charge in [0.2, 0.25) is 18.2 Å². The number of rotatable bonds is 3. The van der Waals surface area contributed by atoms with E-state index in [0.29, 0.717) is 12.8 Å². The van der Waals surface area contributed by atoms with Gasteiger partial charge in [0.1, 0.15) is 0 Å². The van der Waals surface area contributed by atoms with Gasteiger partial charge in [-0.25, -0.2) is 0 Å². The summed E-state index contributed by atoms with van der Waals surface area (Å²) in [6, 6.07) is 7.94. The summed E-state index contributed by atoms with van der Waals surface area (Å²) in [5, 5.41) is 2.39. The van der Waals surface area contributed by atoms with Crippen molar-refractivity contribution >= 4 is 23.9 Å². The Kier molecular flexibility index (Phi) is 4.09. The highest BCUT2D eigenvalue weighted by molar-refractivity contribution is 6.00. The molecule has 0 saturated carbocycles. The highest BCUT2D eigenvalue weighted by Crippen LogP contribution is 2.27. The smallest absolute Gasteiger partial charge is 0.234 e. The topological polar surface area (TPSA) is 69.7 Å². The van der Waals surface area contributed by atoms with Crippen molar-refractivity contribution in [3.05, 3.63) is 29.8 Å². The molecule has 22 heavy (non-hydrogen) atoms. The molecule has 6 nitrogen and oxygen atoms in total. The molecule has 1 atom stereocenters. The monoisotopic (exact) mass is 301 g/mol. The van der Waals surface area contributed by atoms with Crippen LogP contribution in [0.25, 0.3) is 0 Å². The third kappa shape index (κ3) is 2.95. The first-order valence-electron chi connectivity index (χ1n) is 7.55. The van der Waals surface area contributed by atoms with Gasteiger partial charge in [-0.05, 0) is 24.1 Å². The van der Waals surface area contributed by atoms with E-state index in [4.69, 9.17) is 0 Å².